The largest absolute Gasteiger partial charge is 0.497 e. The smallest absolute Gasteiger partial charge is 0.255 e. The summed E-state index contributed by atoms with van der Waals surface area (Å²) in [6, 6.07) is 11.2. The van der Waals surface area contributed by atoms with Gasteiger partial charge in [0.05, 0.1) is 26.5 Å². The number of aromatic nitrogens is 3. The van der Waals surface area contributed by atoms with Crippen molar-refractivity contribution >= 4 is 5.95 Å². The minimum atomic E-state index is -0.614. The van der Waals surface area contributed by atoms with Crippen LogP contribution in [0.3, 0.4) is 0 Å². The molecule has 0 saturated heterocycles. The van der Waals surface area contributed by atoms with Crippen LogP contribution in [-0.4, -0.2) is 35.8 Å². The number of nitrogens with two attached hydrogens (primary N) is 1. The lowest BCUT2D eigenvalue weighted by Crippen LogP contribution is -2.10. The van der Waals surface area contributed by atoms with Gasteiger partial charge in [0.1, 0.15) is 11.5 Å². The van der Waals surface area contributed by atoms with Gasteiger partial charge in [0.2, 0.25) is 11.8 Å². The quantitative estimate of drug-likeness (QED) is 0.608. The second-order valence-corrected chi connectivity index (χ2v) is 7.17. The molecular weight excluding hydrogens is 387 g/mol. The van der Waals surface area contributed by atoms with E-state index in [9.17, 15) is 0 Å². The second-order valence-electron chi connectivity index (χ2n) is 7.17. The van der Waals surface area contributed by atoms with Crippen molar-refractivity contribution in [3.05, 3.63) is 65.4 Å². The van der Waals surface area contributed by atoms with Gasteiger partial charge in [-0.2, -0.15) is 9.37 Å². The Bertz CT molecular complexity index is 1030. The first kappa shape index (κ1) is 19.9. The lowest BCUT2D eigenvalue weighted by molar-refractivity contribution is 0.269. The molecule has 4 rings (SSSR count). The van der Waals surface area contributed by atoms with Crippen molar-refractivity contribution < 1.29 is 18.6 Å². The summed E-state index contributed by atoms with van der Waals surface area (Å²) in [6.45, 7) is 0.347. The number of nitrogen functional groups attached to an aromatic ring is 1. The fourth-order valence-corrected chi connectivity index (χ4v) is 3.46. The molecule has 1 aliphatic rings. The lowest BCUT2D eigenvalue weighted by atomic mass is 10.1. The first-order chi connectivity index (χ1) is 14.6. The van der Waals surface area contributed by atoms with E-state index in [1.165, 1.54) is 0 Å². The number of pyridine rings is 1. The molecule has 0 unspecified atom stereocenters. The Kier molecular flexibility index (Phi) is 5.65. The number of hydrogen-bond donors (Lipinski definition) is 1. The molecule has 0 spiro atoms. The summed E-state index contributed by atoms with van der Waals surface area (Å²) in [5, 5.41) is 0. The maximum Gasteiger partial charge on any atom is 0.255 e. The molecule has 0 bridgehead atoms. The van der Waals surface area contributed by atoms with E-state index in [1.54, 1.807) is 38.6 Å². The Labute approximate surface area is 174 Å². The third-order valence-corrected chi connectivity index (χ3v) is 5.18. The third kappa shape index (κ3) is 4.27. The molecule has 0 amide bonds. The first-order valence-corrected chi connectivity index (χ1v) is 9.65. The molecule has 0 radical (unpaired) electrons. The molecule has 0 aliphatic heterocycles. The predicted molar refractivity (Wildman–Crippen MR) is 109 cm³/mol. The fourth-order valence-electron chi connectivity index (χ4n) is 3.46. The SMILES string of the molecule is COc1ccc(Cc2nc(N)nc(OC[C@H]3C[C@@H]3c3ccccn3)c2F)c(OC)c1. The molecule has 7 nitrogen and oxygen atoms in total. The monoisotopic (exact) mass is 410 g/mol. The van der Waals surface area contributed by atoms with E-state index in [1.807, 2.05) is 18.2 Å². The molecule has 1 fully saturated rings. The zero-order valence-electron chi connectivity index (χ0n) is 16.8. The van der Waals surface area contributed by atoms with E-state index < -0.39 is 5.82 Å². The van der Waals surface area contributed by atoms with Gasteiger partial charge in [0.15, 0.2) is 0 Å². The maximum atomic E-state index is 15.0. The van der Waals surface area contributed by atoms with Crippen LogP contribution >= 0.6 is 0 Å². The number of anilines is 1. The van der Waals surface area contributed by atoms with Gasteiger partial charge in [-0.3, -0.25) is 4.98 Å². The van der Waals surface area contributed by atoms with Crippen LogP contribution in [0.25, 0.3) is 0 Å². The number of hydrogen-bond acceptors (Lipinski definition) is 7. The Morgan fingerprint density at radius 2 is 2.00 bits per heavy atom. The van der Waals surface area contributed by atoms with Crippen LogP contribution in [0.4, 0.5) is 10.3 Å². The highest BCUT2D eigenvalue weighted by molar-refractivity contribution is 5.43. The van der Waals surface area contributed by atoms with Gasteiger partial charge in [-0.15, -0.1) is 0 Å². The van der Waals surface area contributed by atoms with E-state index in [0.29, 0.717) is 24.0 Å². The summed E-state index contributed by atoms with van der Waals surface area (Å²) in [4.78, 5) is 12.4. The van der Waals surface area contributed by atoms with E-state index in [4.69, 9.17) is 19.9 Å². The molecule has 156 valence electrons. The van der Waals surface area contributed by atoms with Gasteiger partial charge in [0, 0.05) is 41.8 Å². The average molecular weight is 410 g/mol. The minimum absolute atomic E-state index is 0.0362. The molecule has 1 saturated carbocycles. The Hall–Kier alpha value is -3.42. The number of rotatable bonds is 8. The van der Waals surface area contributed by atoms with Crippen molar-refractivity contribution in [1.29, 1.82) is 0 Å². The number of ether oxygens (including phenoxy) is 3. The zero-order valence-corrected chi connectivity index (χ0v) is 16.8. The highest BCUT2D eigenvalue weighted by atomic mass is 19.1. The van der Waals surface area contributed by atoms with Crippen LogP contribution in [0.2, 0.25) is 0 Å². The fraction of sp³-hybridized carbons (Fsp3) is 0.318. The van der Waals surface area contributed by atoms with Gasteiger partial charge in [0.25, 0.3) is 5.88 Å². The van der Waals surface area contributed by atoms with Gasteiger partial charge >= 0.3 is 0 Å². The highest BCUT2D eigenvalue weighted by Crippen LogP contribution is 2.46. The zero-order chi connectivity index (χ0) is 21.1. The van der Waals surface area contributed by atoms with Crippen molar-refractivity contribution in [3.8, 4) is 17.4 Å². The number of halogens is 1. The topological polar surface area (TPSA) is 92.4 Å². The van der Waals surface area contributed by atoms with Crippen molar-refractivity contribution in [2.24, 2.45) is 5.92 Å². The van der Waals surface area contributed by atoms with Crippen LogP contribution < -0.4 is 19.9 Å². The van der Waals surface area contributed by atoms with Gasteiger partial charge in [-0.1, -0.05) is 12.1 Å². The van der Waals surface area contributed by atoms with Crippen LogP contribution in [0, 0.1) is 11.7 Å². The summed E-state index contributed by atoms with van der Waals surface area (Å²) < 4.78 is 31.3. The third-order valence-electron chi connectivity index (χ3n) is 5.18. The maximum absolute atomic E-state index is 15.0. The summed E-state index contributed by atoms with van der Waals surface area (Å²) >= 11 is 0. The minimum Gasteiger partial charge on any atom is -0.497 e. The van der Waals surface area contributed by atoms with Crippen LogP contribution in [0.15, 0.2) is 42.6 Å². The molecule has 3 aromatic rings. The van der Waals surface area contributed by atoms with E-state index in [2.05, 4.69) is 15.0 Å². The molecular formula is C22H23FN4O3. The van der Waals surface area contributed by atoms with E-state index in [-0.39, 0.29) is 29.9 Å². The highest BCUT2D eigenvalue weighted by Gasteiger charge is 2.40. The Morgan fingerprint density at radius 1 is 1.13 bits per heavy atom. The van der Waals surface area contributed by atoms with Gasteiger partial charge in [-0.05, 0) is 24.6 Å². The summed E-state index contributed by atoms with van der Waals surface area (Å²) in [5.41, 5.74) is 7.74. The van der Waals surface area contributed by atoms with Crippen LogP contribution in [0.5, 0.6) is 17.4 Å². The molecule has 1 aromatic carbocycles. The molecule has 2 N–H and O–H groups in total. The van der Waals surface area contributed by atoms with Crippen molar-refractivity contribution in [2.75, 3.05) is 26.6 Å². The first-order valence-electron chi connectivity index (χ1n) is 9.65. The molecule has 8 heteroatoms. The standard InChI is InChI=1S/C22H23FN4O3/c1-28-15-7-6-13(19(11-15)29-2)10-18-20(23)21(27-22(24)26-18)30-12-14-9-16(14)17-5-3-4-8-25-17/h3-8,11,14,16H,9-10,12H2,1-2H3,(H2,24,26,27)/t14-,16+/m1/s1. The second kappa shape index (κ2) is 8.52. The molecule has 2 heterocycles. The average Bonchev–Trinajstić information content (AvgIpc) is 3.55. The number of nitrogens with zero attached hydrogens (tertiary/aromatic N) is 3. The summed E-state index contributed by atoms with van der Waals surface area (Å²) in [5.74, 6) is 1.05. The lowest BCUT2D eigenvalue weighted by Gasteiger charge is -2.12. The Morgan fingerprint density at radius 3 is 2.73 bits per heavy atom. The molecule has 30 heavy (non-hydrogen) atoms. The van der Waals surface area contributed by atoms with Gasteiger partial charge in [-0.25, -0.2) is 4.98 Å². The van der Waals surface area contributed by atoms with Crippen LogP contribution in [-0.2, 0) is 6.42 Å². The van der Waals surface area contributed by atoms with E-state index >= 15 is 4.39 Å². The molecule has 2 atom stereocenters. The summed E-state index contributed by atoms with van der Waals surface area (Å²) in [6.07, 6.45) is 2.91. The summed E-state index contributed by atoms with van der Waals surface area (Å²) in [7, 11) is 3.12. The van der Waals surface area contributed by atoms with Gasteiger partial charge < -0.3 is 19.9 Å². The molecule has 1 aliphatic carbocycles. The molecule has 2 aromatic heterocycles. The predicted octanol–water partition coefficient (Wildman–Crippen LogP) is 3.38. The Balaban J connectivity index is 1.48. The number of benzene rings is 1. The van der Waals surface area contributed by atoms with Crippen molar-refractivity contribution in [1.82, 2.24) is 15.0 Å². The van der Waals surface area contributed by atoms with Crippen LogP contribution in [0.1, 0.15) is 29.3 Å². The van der Waals surface area contributed by atoms with Crippen molar-refractivity contribution in [3.63, 3.8) is 0 Å². The van der Waals surface area contributed by atoms with E-state index in [0.717, 1.165) is 17.7 Å². The normalized spacial score (nSPS) is 17.4. The number of methoxy groups -OCH3 is 2. The van der Waals surface area contributed by atoms with Crippen molar-refractivity contribution in [2.45, 2.75) is 18.8 Å².